The van der Waals surface area contributed by atoms with Crippen molar-refractivity contribution in [2.45, 2.75) is 24.7 Å². The van der Waals surface area contributed by atoms with E-state index in [1.807, 2.05) is 0 Å². The van der Waals surface area contributed by atoms with E-state index in [0.717, 1.165) is 0 Å². The van der Waals surface area contributed by atoms with Crippen LogP contribution in [-0.2, 0) is 15.0 Å². The molecule has 0 spiro atoms. The number of carbonyl (C=O) groups excluding carboxylic acids is 1. The predicted molar refractivity (Wildman–Crippen MR) is 67.9 cm³/mol. The molecule has 104 valence electrons. The Morgan fingerprint density at radius 3 is 2.58 bits per heavy atom. The van der Waals surface area contributed by atoms with Crippen LogP contribution in [0.3, 0.4) is 0 Å². The Kier molecular flexibility index (Phi) is 3.60. The molecular formula is C12H14FNO4S. The number of halogens is 1. The van der Waals surface area contributed by atoms with Crippen molar-refractivity contribution in [2.24, 2.45) is 0 Å². The minimum atomic E-state index is -4.73. The number of hydrogen-bond acceptors (Lipinski definition) is 4. The van der Waals surface area contributed by atoms with Crippen molar-refractivity contribution in [1.29, 1.82) is 0 Å². The second-order valence-electron chi connectivity index (χ2n) is 4.54. The average Bonchev–Trinajstić information content (AvgIpc) is 2.71. The Morgan fingerprint density at radius 1 is 1.42 bits per heavy atom. The number of para-hydroxylation sites is 1. The molecule has 1 aromatic carbocycles. The van der Waals surface area contributed by atoms with Crippen molar-refractivity contribution >= 4 is 21.8 Å². The summed E-state index contributed by atoms with van der Waals surface area (Å²) < 4.78 is 34.7. The fourth-order valence-corrected chi connectivity index (χ4v) is 2.85. The minimum absolute atomic E-state index is 0.221. The van der Waals surface area contributed by atoms with E-state index in [1.54, 1.807) is 31.2 Å². The summed E-state index contributed by atoms with van der Waals surface area (Å²) in [6.07, 6.45) is -1.17. The molecule has 1 saturated heterocycles. The lowest BCUT2D eigenvalue weighted by molar-refractivity contribution is -0.117. The monoisotopic (exact) mass is 287 g/mol. The highest BCUT2D eigenvalue weighted by molar-refractivity contribution is 7.87. The van der Waals surface area contributed by atoms with Gasteiger partial charge in [0, 0.05) is 24.2 Å². The summed E-state index contributed by atoms with van der Waals surface area (Å²) in [5.74, 6) is -0.459. The molecule has 5 nitrogen and oxygen atoms in total. The smallest absolute Gasteiger partial charge is 0.307 e. The summed E-state index contributed by atoms with van der Waals surface area (Å²) in [6.45, 7) is 1.32. The quantitative estimate of drug-likeness (QED) is 0.846. The summed E-state index contributed by atoms with van der Waals surface area (Å²) in [7, 11) is -4.73. The fraction of sp³-hybridized carbons (Fsp3) is 0.417. The van der Waals surface area contributed by atoms with E-state index >= 15 is 0 Å². The molecule has 1 fully saturated rings. The first-order chi connectivity index (χ1) is 8.80. The van der Waals surface area contributed by atoms with Gasteiger partial charge in [0.2, 0.25) is 5.91 Å². The van der Waals surface area contributed by atoms with Crippen LogP contribution in [0.25, 0.3) is 0 Å². The minimum Gasteiger partial charge on any atom is -0.389 e. The van der Waals surface area contributed by atoms with Crippen LogP contribution in [0.5, 0.6) is 0 Å². The molecule has 7 heteroatoms. The van der Waals surface area contributed by atoms with Crippen LogP contribution in [0, 0.1) is 0 Å². The van der Waals surface area contributed by atoms with Gasteiger partial charge in [-0.25, -0.2) is 0 Å². The van der Waals surface area contributed by atoms with E-state index in [9.17, 15) is 22.2 Å². The molecule has 1 amide bonds. The van der Waals surface area contributed by atoms with E-state index in [-0.39, 0.29) is 13.0 Å². The van der Waals surface area contributed by atoms with Crippen molar-refractivity contribution in [3.63, 3.8) is 0 Å². The predicted octanol–water partition coefficient (Wildman–Crippen LogP) is 1.14. The lowest BCUT2D eigenvalue weighted by atomic mass is 10.1. The maximum Gasteiger partial charge on any atom is 0.307 e. The van der Waals surface area contributed by atoms with Gasteiger partial charge in [-0.2, -0.15) is 8.42 Å². The number of amides is 1. The number of aliphatic hydroxyl groups is 1. The molecule has 0 radical (unpaired) electrons. The van der Waals surface area contributed by atoms with Gasteiger partial charge >= 0.3 is 10.2 Å². The maximum atomic E-state index is 13.0. The van der Waals surface area contributed by atoms with Crippen LogP contribution >= 0.6 is 0 Å². The third kappa shape index (κ3) is 2.76. The van der Waals surface area contributed by atoms with Crippen LogP contribution in [0.4, 0.5) is 9.57 Å². The lowest BCUT2D eigenvalue weighted by Crippen LogP contribution is -2.28. The highest BCUT2D eigenvalue weighted by atomic mass is 32.3. The van der Waals surface area contributed by atoms with E-state index in [2.05, 4.69) is 0 Å². The second-order valence-corrected chi connectivity index (χ2v) is 6.16. The third-order valence-electron chi connectivity index (χ3n) is 3.17. The first-order valence-electron chi connectivity index (χ1n) is 5.81. The van der Waals surface area contributed by atoms with Gasteiger partial charge < -0.3 is 10.0 Å². The number of hydrogen-bond donors (Lipinski definition) is 1. The normalized spacial score (nSPS) is 21.7. The first kappa shape index (κ1) is 14.0. The van der Waals surface area contributed by atoms with E-state index in [4.69, 9.17) is 0 Å². The molecule has 1 aliphatic rings. The Bertz CT molecular complexity index is 600. The highest BCUT2D eigenvalue weighted by Crippen LogP contribution is 2.31. The Labute approximate surface area is 110 Å². The molecule has 19 heavy (non-hydrogen) atoms. The molecule has 0 bridgehead atoms. The SMILES string of the molecule is CC(O)c1ccccc1N1CC(S(=O)(=O)F)CC1=O. The largest absolute Gasteiger partial charge is 0.389 e. The number of benzene rings is 1. The summed E-state index contributed by atoms with van der Waals surface area (Å²) in [4.78, 5) is 13.0. The van der Waals surface area contributed by atoms with Gasteiger partial charge in [-0.05, 0) is 13.0 Å². The van der Waals surface area contributed by atoms with Crippen LogP contribution in [0.2, 0.25) is 0 Å². The number of anilines is 1. The van der Waals surface area contributed by atoms with Gasteiger partial charge in [0.05, 0.1) is 6.10 Å². The van der Waals surface area contributed by atoms with Gasteiger partial charge in [-0.3, -0.25) is 4.79 Å². The van der Waals surface area contributed by atoms with Crippen LogP contribution in [0.15, 0.2) is 24.3 Å². The number of aliphatic hydroxyl groups excluding tert-OH is 1. The molecule has 0 aromatic heterocycles. The zero-order valence-electron chi connectivity index (χ0n) is 10.3. The Balaban J connectivity index is 2.36. The highest BCUT2D eigenvalue weighted by Gasteiger charge is 2.39. The Hall–Kier alpha value is -1.47. The topological polar surface area (TPSA) is 74.7 Å². The molecule has 1 aliphatic heterocycles. The van der Waals surface area contributed by atoms with Gasteiger partial charge in [-0.15, -0.1) is 3.89 Å². The van der Waals surface area contributed by atoms with Crippen molar-refractivity contribution in [3.05, 3.63) is 29.8 Å². The molecule has 1 aromatic rings. The van der Waals surface area contributed by atoms with Gasteiger partial charge in [-0.1, -0.05) is 18.2 Å². The van der Waals surface area contributed by atoms with Gasteiger partial charge in [0.25, 0.3) is 0 Å². The van der Waals surface area contributed by atoms with Crippen LogP contribution in [-0.4, -0.2) is 31.2 Å². The first-order valence-corrected chi connectivity index (χ1v) is 7.26. The van der Waals surface area contributed by atoms with Crippen molar-refractivity contribution in [3.8, 4) is 0 Å². The molecule has 1 heterocycles. The molecular weight excluding hydrogens is 273 g/mol. The van der Waals surface area contributed by atoms with E-state index < -0.39 is 27.5 Å². The summed E-state index contributed by atoms with van der Waals surface area (Å²) >= 11 is 0. The fourth-order valence-electron chi connectivity index (χ4n) is 2.18. The summed E-state index contributed by atoms with van der Waals surface area (Å²) in [5.41, 5.74) is 0.932. The van der Waals surface area contributed by atoms with Crippen LogP contribution in [0.1, 0.15) is 25.0 Å². The molecule has 2 rings (SSSR count). The number of carbonyl (C=O) groups is 1. The van der Waals surface area contributed by atoms with Crippen LogP contribution < -0.4 is 4.90 Å². The summed E-state index contributed by atoms with van der Waals surface area (Å²) in [6, 6.07) is 6.62. The molecule has 1 N–H and O–H groups in total. The van der Waals surface area contributed by atoms with Crippen molar-refractivity contribution in [1.82, 2.24) is 0 Å². The maximum absolute atomic E-state index is 13.0. The Morgan fingerprint density at radius 2 is 2.05 bits per heavy atom. The molecule has 0 saturated carbocycles. The molecule has 2 atom stereocenters. The van der Waals surface area contributed by atoms with Gasteiger partial charge in [0.1, 0.15) is 5.25 Å². The average molecular weight is 287 g/mol. The third-order valence-corrected chi connectivity index (χ3v) is 4.28. The zero-order valence-corrected chi connectivity index (χ0v) is 11.1. The zero-order chi connectivity index (χ0) is 14.2. The van der Waals surface area contributed by atoms with E-state index in [0.29, 0.717) is 11.3 Å². The lowest BCUT2D eigenvalue weighted by Gasteiger charge is -2.21. The second kappa shape index (κ2) is 4.90. The van der Waals surface area contributed by atoms with E-state index in [1.165, 1.54) is 4.90 Å². The van der Waals surface area contributed by atoms with Gasteiger partial charge in [0.15, 0.2) is 0 Å². The summed E-state index contributed by atoms with van der Waals surface area (Å²) in [5, 5.41) is 8.32. The molecule has 2 unspecified atom stereocenters. The van der Waals surface area contributed by atoms with Crippen molar-refractivity contribution in [2.75, 3.05) is 11.4 Å². The standard InChI is InChI=1S/C12H14FNO4S/c1-8(15)10-4-2-3-5-11(10)14-7-9(6-12(14)16)19(13,17)18/h2-5,8-9,15H,6-7H2,1H3. The molecule has 0 aliphatic carbocycles. The van der Waals surface area contributed by atoms with Crippen molar-refractivity contribution < 1.29 is 22.2 Å². The number of nitrogens with zero attached hydrogens (tertiary/aromatic N) is 1. The number of rotatable bonds is 3.